The molecule has 0 aliphatic heterocycles. The van der Waals surface area contributed by atoms with E-state index in [4.69, 9.17) is 0 Å². The van der Waals surface area contributed by atoms with Crippen molar-refractivity contribution in [3.8, 4) is 22.5 Å². The lowest BCUT2D eigenvalue weighted by Gasteiger charge is -2.11. The number of hydrogen-bond acceptors (Lipinski definition) is 4. The topological polar surface area (TPSA) is 81.4 Å². The summed E-state index contributed by atoms with van der Waals surface area (Å²) in [7, 11) is 0. The van der Waals surface area contributed by atoms with E-state index in [0.29, 0.717) is 24.4 Å². The third kappa shape index (κ3) is 3.98. The Morgan fingerprint density at radius 3 is 2.31 bits per heavy atom. The summed E-state index contributed by atoms with van der Waals surface area (Å²) < 4.78 is 30.1. The van der Waals surface area contributed by atoms with E-state index in [1.165, 1.54) is 9.13 Å². The van der Waals surface area contributed by atoms with Crippen molar-refractivity contribution >= 4 is 0 Å². The first-order valence-corrected chi connectivity index (χ1v) is 10.6. The van der Waals surface area contributed by atoms with Gasteiger partial charge in [0.1, 0.15) is 5.69 Å². The molecule has 0 aliphatic carbocycles. The van der Waals surface area contributed by atoms with E-state index < -0.39 is 12.1 Å². The van der Waals surface area contributed by atoms with Gasteiger partial charge in [-0.3, -0.25) is 9.13 Å². The number of halogens is 2. The fourth-order valence-electron chi connectivity index (χ4n) is 4.06. The average molecular weight is 438 g/mol. The molecule has 0 aliphatic rings. The van der Waals surface area contributed by atoms with Crippen molar-refractivity contribution in [2.24, 2.45) is 0 Å². The van der Waals surface area contributed by atoms with E-state index >= 15 is 0 Å². The number of benzene rings is 2. The molecule has 0 radical (unpaired) electrons. The number of tetrazole rings is 1. The van der Waals surface area contributed by atoms with Crippen LogP contribution in [0.2, 0.25) is 0 Å². The maximum Gasteiger partial charge on any atom is 0.329 e. The summed E-state index contributed by atoms with van der Waals surface area (Å²) in [6.45, 7) is 4.09. The lowest BCUT2D eigenvalue weighted by atomic mass is 9.98. The quantitative estimate of drug-likeness (QED) is 0.441. The van der Waals surface area contributed by atoms with Crippen LogP contribution in [0, 0.1) is 0 Å². The molecule has 0 bridgehead atoms. The Labute approximate surface area is 183 Å². The molecule has 0 saturated carbocycles. The molecule has 4 rings (SSSR count). The van der Waals surface area contributed by atoms with Crippen LogP contribution in [-0.2, 0) is 19.5 Å². The number of nitrogens with one attached hydrogen (secondary N) is 1. The summed E-state index contributed by atoms with van der Waals surface area (Å²) >= 11 is 0. The van der Waals surface area contributed by atoms with Crippen molar-refractivity contribution in [2.45, 2.75) is 46.2 Å². The molecule has 0 atom stereocenters. The van der Waals surface area contributed by atoms with E-state index in [1.54, 1.807) is 6.92 Å². The highest BCUT2D eigenvalue weighted by atomic mass is 19.3. The Kier molecular flexibility index (Phi) is 6.25. The van der Waals surface area contributed by atoms with Gasteiger partial charge < -0.3 is 0 Å². The van der Waals surface area contributed by atoms with Gasteiger partial charge in [0.05, 0.1) is 6.54 Å². The van der Waals surface area contributed by atoms with Crippen LogP contribution >= 0.6 is 0 Å². The smallest absolute Gasteiger partial charge is 0.291 e. The van der Waals surface area contributed by atoms with Crippen molar-refractivity contribution in [3.05, 3.63) is 76.0 Å². The molecule has 0 spiro atoms. The van der Waals surface area contributed by atoms with E-state index in [-0.39, 0.29) is 18.8 Å². The van der Waals surface area contributed by atoms with Gasteiger partial charge in [0.25, 0.3) is 6.43 Å². The van der Waals surface area contributed by atoms with Gasteiger partial charge in [-0.25, -0.2) is 18.7 Å². The zero-order chi connectivity index (χ0) is 22.7. The lowest BCUT2D eigenvalue weighted by Crippen LogP contribution is -2.25. The molecule has 2 aromatic heterocycles. The predicted molar refractivity (Wildman–Crippen MR) is 117 cm³/mol. The van der Waals surface area contributed by atoms with Gasteiger partial charge in [0.2, 0.25) is 0 Å². The largest absolute Gasteiger partial charge is 0.329 e. The maximum absolute atomic E-state index is 13.7. The molecule has 1 N–H and O–H groups in total. The van der Waals surface area contributed by atoms with Gasteiger partial charge in [0, 0.05) is 17.8 Å². The minimum Gasteiger partial charge on any atom is -0.291 e. The predicted octanol–water partition coefficient (Wildman–Crippen LogP) is 4.46. The number of imidazole rings is 1. The fourth-order valence-corrected chi connectivity index (χ4v) is 4.06. The van der Waals surface area contributed by atoms with Gasteiger partial charge >= 0.3 is 5.69 Å². The van der Waals surface area contributed by atoms with Gasteiger partial charge in [-0.2, -0.15) is 0 Å². The average Bonchev–Trinajstić information content (AvgIpc) is 3.42. The van der Waals surface area contributed by atoms with Crippen LogP contribution in [0.15, 0.2) is 53.3 Å². The second-order valence-electron chi connectivity index (χ2n) is 7.49. The van der Waals surface area contributed by atoms with Crippen LogP contribution in [0.5, 0.6) is 0 Å². The van der Waals surface area contributed by atoms with Gasteiger partial charge in [-0.05, 0) is 40.5 Å². The standard InChI is InChI=1S/C23H24F2N6O/c1-3-7-19-20(21(24)25)30(4-2)23(32)31(19)14-15-10-12-16(13-11-15)17-8-5-6-9-18(17)22-26-28-29-27-22/h5-6,8-13,21H,3-4,7,14H2,1-2H3,(H,26,27,28,29). The number of H-pyrrole nitrogens is 1. The summed E-state index contributed by atoms with van der Waals surface area (Å²) in [6, 6.07) is 15.5. The number of hydrogen-bond donors (Lipinski definition) is 1. The molecule has 9 heteroatoms. The Balaban J connectivity index is 1.69. The molecule has 0 saturated heterocycles. The summed E-state index contributed by atoms with van der Waals surface area (Å²) in [5.74, 6) is 0.570. The molecular formula is C23H24F2N6O. The van der Waals surface area contributed by atoms with Crippen LogP contribution in [0.4, 0.5) is 8.78 Å². The summed E-state index contributed by atoms with van der Waals surface area (Å²) in [4.78, 5) is 12.9. The molecule has 0 unspecified atom stereocenters. The van der Waals surface area contributed by atoms with Gasteiger partial charge in [-0.1, -0.05) is 61.9 Å². The second-order valence-corrected chi connectivity index (χ2v) is 7.49. The zero-order valence-corrected chi connectivity index (χ0v) is 17.9. The Bertz CT molecular complexity index is 1240. The van der Waals surface area contributed by atoms with Crippen LogP contribution < -0.4 is 5.69 Å². The summed E-state index contributed by atoms with van der Waals surface area (Å²) in [5.41, 5.74) is 3.51. The third-order valence-electron chi connectivity index (χ3n) is 5.52. The Morgan fingerprint density at radius 1 is 1.00 bits per heavy atom. The first kappa shape index (κ1) is 21.6. The minimum absolute atomic E-state index is 0.162. The highest BCUT2D eigenvalue weighted by molar-refractivity contribution is 5.80. The highest BCUT2D eigenvalue weighted by Gasteiger charge is 2.25. The van der Waals surface area contributed by atoms with Crippen molar-refractivity contribution in [3.63, 3.8) is 0 Å². The number of aromatic amines is 1. The molecule has 4 aromatic rings. The Morgan fingerprint density at radius 2 is 1.72 bits per heavy atom. The fraction of sp³-hybridized carbons (Fsp3) is 0.304. The molecule has 2 heterocycles. The van der Waals surface area contributed by atoms with Crippen molar-refractivity contribution < 1.29 is 8.78 Å². The molecular weight excluding hydrogens is 414 g/mol. The summed E-state index contributed by atoms with van der Waals surface area (Å²) in [5, 5.41) is 14.1. The van der Waals surface area contributed by atoms with Gasteiger partial charge in [-0.15, -0.1) is 5.10 Å². The first-order chi connectivity index (χ1) is 15.5. The van der Waals surface area contributed by atoms with Crippen LogP contribution in [0.3, 0.4) is 0 Å². The Hall–Kier alpha value is -3.62. The first-order valence-electron chi connectivity index (χ1n) is 10.6. The SMILES string of the molecule is CCCc1c(C(F)F)n(CC)c(=O)n1Cc1ccc(-c2ccccc2-c2nnn[nH]2)cc1. The minimum atomic E-state index is -2.69. The molecule has 32 heavy (non-hydrogen) atoms. The molecule has 0 amide bonds. The molecule has 7 nitrogen and oxygen atoms in total. The van der Waals surface area contributed by atoms with E-state index in [1.807, 2.05) is 55.5 Å². The lowest BCUT2D eigenvalue weighted by molar-refractivity contribution is 0.139. The third-order valence-corrected chi connectivity index (χ3v) is 5.52. The molecule has 0 fully saturated rings. The van der Waals surface area contributed by atoms with E-state index in [9.17, 15) is 13.6 Å². The van der Waals surface area contributed by atoms with E-state index in [0.717, 1.165) is 22.3 Å². The van der Waals surface area contributed by atoms with Crippen molar-refractivity contribution in [1.29, 1.82) is 0 Å². The summed E-state index contributed by atoms with van der Waals surface area (Å²) in [6.07, 6.45) is -1.58. The monoisotopic (exact) mass is 438 g/mol. The number of aromatic nitrogens is 6. The van der Waals surface area contributed by atoms with Crippen molar-refractivity contribution in [2.75, 3.05) is 0 Å². The normalized spacial score (nSPS) is 11.4. The molecule has 2 aromatic carbocycles. The van der Waals surface area contributed by atoms with Crippen molar-refractivity contribution in [1.82, 2.24) is 29.8 Å². The van der Waals surface area contributed by atoms with Gasteiger partial charge in [0.15, 0.2) is 5.82 Å². The maximum atomic E-state index is 13.7. The highest BCUT2D eigenvalue weighted by Crippen LogP contribution is 2.30. The number of nitrogens with zero attached hydrogens (tertiary/aromatic N) is 5. The zero-order valence-electron chi connectivity index (χ0n) is 17.9. The van der Waals surface area contributed by atoms with Crippen LogP contribution in [0.25, 0.3) is 22.5 Å². The van der Waals surface area contributed by atoms with Crippen LogP contribution in [-0.4, -0.2) is 29.8 Å². The molecule has 166 valence electrons. The number of rotatable bonds is 8. The number of alkyl halides is 2. The second kappa shape index (κ2) is 9.25. The van der Waals surface area contributed by atoms with Crippen LogP contribution in [0.1, 0.15) is 43.6 Å². The van der Waals surface area contributed by atoms with E-state index in [2.05, 4.69) is 20.6 Å².